The minimum atomic E-state index is -0.496. The van der Waals surface area contributed by atoms with Gasteiger partial charge in [-0.3, -0.25) is 4.79 Å². The minimum Gasteiger partial charge on any atom is -0.465 e. The maximum Gasteiger partial charge on any atom is 0.338 e. The molecule has 0 fully saturated rings. The van der Waals surface area contributed by atoms with Gasteiger partial charge in [0.05, 0.1) is 36.5 Å². The molecule has 4 rings (SSSR count). The second kappa shape index (κ2) is 10.3. The number of rotatable bonds is 8. The Kier molecular flexibility index (Phi) is 7.07. The summed E-state index contributed by atoms with van der Waals surface area (Å²) in [4.78, 5) is 33.0. The summed E-state index contributed by atoms with van der Waals surface area (Å²) in [7, 11) is 1.37. The van der Waals surface area contributed by atoms with E-state index in [4.69, 9.17) is 9.47 Å². The number of fused-ring (bicyclic) bond motifs is 1. The topological polar surface area (TPSA) is 81.3 Å². The fraction of sp³-hybridized carbons (Fsp3) is 0.250. The lowest BCUT2D eigenvalue weighted by Crippen LogP contribution is -2.20. The van der Waals surface area contributed by atoms with Crippen molar-refractivity contribution in [2.45, 2.75) is 32.8 Å². The Labute approximate surface area is 198 Å². The Bertz CT molecular complexity index is 1300. The molecule has 0 saturated heterocycles. The molecule has 0 spiro atoms. The third-order valence-corrected chi connectivity index (χ3v) is 6.15. The summed E-state index contributed by atoms with van der Waals surface area (Å²) in [5.74, 6) is -0.717. The number of nitrogens with one attached hydrogen (secondary N) is 1. The fourth-order valence-electron chi connectivity index (χ4n) is 4.12. The number of esters is 2. The van der Waals surface area contributed by atoms with Crippen molar-refractivity contribution >= 4 is 23.0 Å². The maximum atomic E-state index is 13.0. The Balaban J connectivity index is 1.65. The van der Waals surface area contributed by atoms with Crippen LogP contribution < -0.4 is 0 Å². The smallest absolute Gasteiger partial charge is 0.338 e. The van der Waals surface area contributed by atoms with Gasteiger partial charge in [-0.1, -0.05) is 68.4 Å². The maximum absolute atomic E-state index is 13.0. The van der Waals surface area contributed by atoms with E-state index in [1.807, 2.05) is 67.6 Å². The number of nitrogens with zero attached hydrogens (tertiary/aromatic N) is 1. The third kappa shape index (κ3) is 4.86. The summed E-state index contributed by atoms with van der Waals surface area (Å²) in [6.45, 7) is 4.09. The number of carbonyl (C=O) groups excluding carboxylic acids is 2. The van der Waals surface area contributed by atoms with Crippen molar-refractivity contribution in [3.8, 4) is 11.1 Å². The molecule has 174 valence electrons. The quantitative estimate of drug-likeness (QED) is 0.334. The molecular formula is C28H28N2O4. The number of carbonyl (C=O) groups is 2. The standard InChI is InChI=1S/C28H28N2O4/c1-4-18(2)27(34-25(31)16-20-11-8-12-24-26(20)30-17-29-24)21-13-14-22(19-9-6-5-7-10-19)23(15-21)28(32)33-3/h5-15,17-18,27H,4,16H2,1-3H3,(H,29,30). The predicted molar refractivity (Wildman–Crippen MR) is 131 cm³/mol. The zero-order chi connectivity index (χ0) is 24.1. The van der Waals surface area contributed by atoms with E-state index < -0.39 is 12.1 Å². The number of ether oxygens (including phenoxy) is 2. The summed E-state index contributed by atoms with van der Waals surface area (Å²) < 4.78 is 11.1. The molecule has 34 heavy (non-hydrogen) atoms. The number of aromatic nitrogens is 2. The van der Waals surface area contributed by atoms with E-state index >= 15 is 0 Å². The lowest BCUT2D eigenvalue weighted by atomic mass is 9.90. The lowest BCUT2D eigenvalue weighted by molar-refractivity contribution is -0.151. The van der Waals surface area contributed by atoms with Gasteiger partial charge in [0, 0.05) is 0 Å². The highest BCUT2D eigenvalue weighted by Gasteiger charge is 2.25. The van der Waals surface area contributed by atoms with Crippen LogP contribution in [-0.2, 0) is 20.7 Å². The molecule has 0 saturated carbocycles. The highest BCUT2D eigenvalue weighted by molar-refractivity contribution is 5.97. The van der Waals surface area contributed by atoms with Crippen molar-refractivity contribution in [3.63, 3.8) is 0 Å². The molecule has 0 amide bonds. The Morgan fingerprint density at radius 3 is 2.56 bits per heavy atom. The van der Waals surface area contributed by atoms with Crippen LogP contribution in [0, 0.1) is 5.92 Å². The number of hydrogen-bond acceptors (Lipinski definition) is 5. The van der Waals surface area contributed by atoms with E-state index in [2.05, 4.69) is 16.9 Å². The Hall–Kier alpha value is -3.93. The van der Waals surface area contributed by atoms with Crippen molar-refractivity contribution in [2.75, 3.05) is 7.11 Å². The number of benzene rings is 3. The van der Waals surface area contributed by atoms with E-state index in [1.54, 1.807) is 12.4 Å². The van der Waals surface area contributed by atoms with Crippen LogP contribution in [0.25, 0.3) is 22.2 Å². The second-order valence-electron chi connectivity index (χ2n) is 8.35. The summed E-state index contributed by atoms with van der Waals surface area (Å²) >= 11 is 0. The molecule has 1 N–H and O–H groups in total. The molecule has 2 atom stereocenters. The monoisotopic (exact) mass is 456 g/mol. The van der Waals surface area contributed by atoms with Gasteiger partial charge in [-0.25, -0.2) is 9.78 Å². The number of para-hydroxylation sites is 1. The number of H-pyrrole nitrogens is 1. The largest absolute Gasteiger partial charge is 0.465 e. The first kappa shape index (κ1) is 23.2. The van der Waals surface area contributed by atoms with Crippen molar-refractivity contribution in [2.24, 2.45) is 5.92 Å². The molecule has 0 aliphatic rings. The molecule has 0 aliphatic heterocycles. The molecular weight excluding hydrogens is 428 g/mol. The van der Waals surface area contributed by atoms with Crippen molar-refractivity contribution in [1.82, 2.24) is 9.97 Å². The van der Waals surface area contributed by atoms with Crippen molar-refractivity contribution in [1.29, 1.82) is 0 Å². The Morgan fingerprint density at radius 2 is 1.82 bits per heavy atom. The van der Waals surface area contributed by atoms with Gasteiger partial charge in [-0.05, 0) is 46.7 Å². The summed E-state index contributed by atoms with van der Waals surface area (Å²) in [5, 5.41) is 0. The zero-order valence-electron chi connectivity index (χ0n) is 19.6. The third-order valence-electron chi connectivity index (χ3n) is 6.15. The highest BCUT2D eigenvalue weighted by Crippen LogP contribution is 2.33. The number of methoxy groups -OCH3 is 1. The second-order valence-corrected chi connectivity index (χ2v) is 8.35. The fourth-order valence-corrected chi connectivity index (χ4v) is 4.12. The summed E-state index contributed by atoms with van der Waals surface area (Å²) in [6, 6.07) is 21.0. The van der Waals surface area contributed by atoms with Gasteiger partial charge in [0.25, 0.3) is 0 Å². The predicted octanol–water partition coefficient (Wildman–Crippen LogP) is 5.89. The van der Waals surface area contributed by atoms with Gasteiger partial charge in [-0.2, -0.15) is 0 Å². The van der Waals surface area contributed by atoms with E-state index in [0.29, 0.717) is 5.56 Å². The Morgan fingerprint density at radius 1 is 1.03 bits per heavy atom. The van der Waals surface area contributed by atoms with Crippen LogP contribution in [0.2, 0.25) is 0 Å². The van der Waals surface area contributed by atoms with Crippen LogP contribution in [0.15, 0.2) is 73.1 Å². The van der Waals surface area contributed by atoms with Crippen LogP contribution in [0.4, 0.5) is 0 Å². The highest BCUT2D eigenvalue weighted by atomic mass is 16.5. The van der Waals surface area contributed by atoms with Crippen LogP contribution in [0.5, 0.6) is 0 Å². The normalized spacial score (nSPS) is 12.8. The zero-order valence-corrected chi connectivity index (χ0v) is 19.6. The molecule has 3 aromatic carbocycles. The molecule has 6 heteroatoms. The minimum absolute atomic E-state index is 0.0539. The van der Waals surface area contributed by atoms with Gasteiger partial charge >= 0.3 is 11.9 Å². The van der Waals surface area contributed by atoms with E-state index in [0.717, 1.165) is 39.7 Å². The van der Waals surface area contributed by atoms with Crippen LogP contribution >= 0.6 is 0 Å². The molecule has 0 radical (unpaired) electrons. The van der Waals surface area contributed by atoms with Crippen molar-refractivity contribution < 1.29 is 19.1 Å². The van der Waals surface area contributed by atoms with Gasteiger partial charge in [0.1, 0.15) is 6.10 Å². The molecule has 6 nitrogen and oxygen atoms in total. The van der Waals surface area contributed by atoms with Crippen molar-refractivity contribution in [3.05, 3.63) is 89.7 Å². The number of imidazole rings is 1. The first-order valence-electron chi connectivity index (χ1n) is 11.4. The van der Waals surface area contributed by atoms with Crippen LogP contribution in [0.1, 0.15) is 47.9 Å². The van der Waals surface area contributed by atoms with E-state index in [-0.39, 0.29) is 18.3 Å². The molecule has 0 bridgehead atoms. The average molecular weight is 457 g/mol. The van der Waals surface area contributed by atoms with Gasteiger partial charge in [-0.15, -0.1) is 0 Å². The molecule has 1 heterocycles. The molecule has 2 unspecified atom stereocenters. The average Bonchev–Trinajstić information content (AvgIpc) is 3.36. The summed E-state index contributed by atoms with van der Waals surface area (Å²) in [6.07, 6.45) is 2.04. The number of hydrogen-bond donors (Lipinski definition) is 1. The lowest BCUT2D eigenvalue weighted by Gasteiger charge is -2.25. The van der Waals surface area contributed by atoms with E-state index in [1.165, 1.54) is 7.11 Å². The molecule has 4 aromatic rings. The van der Waals surface area contributed by atoms with Gasteiger partial charge in [0.15, 0.2) is 0 Å². The first-order chi connectivity index (χ1) is 16.5. The molecule has 1 aromatic heterocycles. The summed E-state index contributed by atoms with van der Waals surface area (Å²) in [5.41, 5.74) is 5.34. The van der Waals surface area contributed by atoms with Gasteiger partial charge < -0.3 is 14.5 Å². The van der Waals surface area contributed by atoms with E-state index in [9.17, 15) is 9.59 Å². The SMILES string of the molecule is CCC(C)C(OC(=O)Cc1cccc2[nH]cnc12)c1ccc(-c2ccccc2)c(C(=O)OC)c1. The number of aromatic amines is 1. The van der Waals surface area contributed by atoms with Gasteiger partial charge in [0.2, 0.25) is 0 Å². The van der Waals surface area contributed by atoms with Crippen LogP contribution in [-0.4, -0.2) is 29.0 Å². The first-order valence-corrected chi connectivity index (χ1v) is 11.4. The molecule has 0 aliphatic carbocycles. The van der Waals surface area contributed by atoms with Crippen LogP contribution in [0.3, 0.4) is 0 Å².